The zero-order valence-corrected chi connectivity index (χ0v) is 11.2. The van der Waals surface area contributed by atoms with Gasteiger partial charge in [0.2, 0.25) is 0 Å². The normalized spacial score (nSPS) is 28.8. The van der Waals surface area contributed by atoms with Crippen molar-refractivity contribution in [1.82, 2.24) is 4.90 Å². The van der Waals surface area contributed by atoms with E-state index in [0.29, 0.717) is 6.61 Å². The summed E-state index contributed by atoms with van der Waals surface area (Å²) in [5.41, 5.74) is 1.11. The summed E-state index contributed by atoms with van der Waals surface area (Å²) in [5, 5.41) is 10.2. The van der Waals surface area contributed by atoms with Crippen molar-refractivity contribution in [2.24, 2.45) is 0 Å². The summed E-state index contributed by atoms with van der Waals surface area (Å²) in [6.45, 7) is 2.55. The van der Waals surface area contributed by atoms with Crippen molar-refractivity contribution in [3.8, 4) is 5.75 Å². The molecular weight excluding hydrogens is 282 g/mol. The highest BCUT2D eigenvalue weighted by Crippen LogP contribution is 2.39. The van der Waals surface area contributed by atoms with E-state index in [4.69, 9.17) is 4.74 Å². The zero-order valence-electron chi connectivity index (χ0n) is 9.60. The summed E-state index contributed by atoms with van der Waals surface area (Å²) in [6, 6.07) is 6.13. The van der Waals surface area contributed by atoms with Crippen LogP contribution in [0.25, 0.3) is 0 Å². The number of benzene rings is 1. The third-order valence-electron chi connectivity index (χ3n) is 3.60. The van der Waals surface area contributed by atoms with E-state index < -0.39 is 6.10 Å². The van der Waals surface area contributed by atoms with Gasteiger partial charge in [0.05, 0.1) is 6.04 Å². The van der Waals surface area contributed by atoms with E-state index in [9.17, 15) is 5.11 Å². The molecule has 2 heterocycles. The van der Waals surface area contributed by atoms with E-state index in [1.807, 2.05) is 12.1 Å². The van der Waals surface area contributed by atoms with E-state index >= 15 is 0 Å². The number of halogens is 1. The smallest absolute Gasteiger partial charge is 0.124 e. The lowest BCUT2D eigenvalue weighted by molar-refractivity contribution is 0.00872. The summed E-state index contributed by atoms with van der Waals surface area (Å²) in [4.78, 5) is 2.37. The number of nitrogens with zero attached hydrogens (tertiary/aromatic N) is 1. The van der Waals surface area contributed by atoms with Crippen LogP contribution >= 0.6 is 15.9 Å². The topological polar surface area (TPSA) is 32.7 Å². The van der Waals surface area contributed by atoms with Gasteiger partial charge >= 0.3 is 0 Å². The lowest BCUT2D eigenvalue weighted by atomic mass is 9.97. The highest BCUT2D eigenvalue weighted by atomic mass is 79.9. The van der Waals surface area contributed by atoms with Gasteiger partial charge in [-0.15, -0.1) is 0 Å². The van der Waals surface area contributed by atoms with Crippen molar-refractivity contribution in [2.45, 2.75) is 25.0 Å². The first-order valence-electron chi connectivity index (χ1n) is 6.10. The minimum absolute atomic E-state index is 0.0961. The molecule has 3 rings (SSSR count). The number of fused-ring (bicyclic) bond motifs is 1. The van der Waals surface area contributed by atoms with Crippen LogP contribution < -0.4 is 4.74 Å². The third kappa shape index (κ3) is 2.09. The molecule has 0 radical (unpaired) electrons. The molecule has 0 aromatic heterocycles. The van der Waals surface area contributed by atoms with Gasteiger partial charge in [-0.25, -0.2) is 0 Å². The Balaban J connectivity index is 1.99. The number of rotatable bonds is 1. The van der Waals surface area contributed by atoms with Crippen LogP contribution in [0, 0.1) is 0 Å². The minimum atomic E-state index is -0.421. The summed E-state index contributed by atoms with van der Waals surface area (Å²) in [6.07, 6.45) is 2.04. The van der Waals surface area contributed by atoms with Crippen LogP contribution in [0.3, 0.4) is 0 Å². The molecular formula is C13H16BrNO2. The molecule has 0 bridgehead atoms. The maximum atomic E-state index is 10.2. The van der Waals surface area contributed by atoms with Gasteiger partial charge in [0, 0.05) is 10.0 Å². The van der Waals surface area contributed by atoms with Crippen LogP contribution in [-0.4, -0.2) is 35.8 Å². The Morgan fingerprint density at radius 3 is 2.82 bits per heavy atom. The molecule has 0 spiro atoms. The Morgan fingerprint density at radius 2 is 2.06 bits per heavy atom. The average Bonchev–Trinajstić information content (AvgIpc) is 2.82. The van der Waals surface area contributed by atoms with E-state index in [0.717, 1.165) is 28.9 Å². The minimum Gasteiger partial charge on any atom is -0.490 e. The molecule has 2 unspecified atom stereocenters. The van der Waals surface area contributed by atoms with Gasteiger partial charge in [0.25, 0.3) is 0 Å². The Bertz CT molecular complexity index is 418. The van der Waals surface area contributed by atoms with E-state index in [1.54, 1.807) is 0 Å². The van der Waals surface area contributed by atoms with Crippen molar-refractivity contribution >= 4 is 15.9 Å². The first-order valence-corrected chi connectivity index (χ1v) is 6.89. The fourth-order valence-electron chi connectivity index (χ4n) is 2.82. The van der Waals surface area contributed by atoms with Crippen molar-refractivity contribution in [2.75, 3.05) is 19.7 Å². The predicted molar refractivity (Wildman–Crippen MR) is 69.2 cm³/mol. The first kappa shape index (κ1) is 11.5. The maximum absolute atomic E-state index is 10.2. The van der Waals surface area contributed by atoms with Crippen LogP contribution in [0.15, 0.2) is 22.7 Å². The third-order valence-corrected chi connectivity index (χ3v) is 4.09. The van der Waals surface area contributed by atoms with E-state index in [1.165, 1.54) is 12.8 Å². The predicted octanol–water partition coefficient (Wildman–Crippen LogP) is 2.34. The number of hydrogen-bond donors (Lipinski definition) is 1. The summed E-state index contributed by atoms with van der Waals surface area (Å²) in [5.74, 6) is 0.912. The van der Waals surface area contributed by atoms with Gasteiger partial charge in [0.15, 0.2) is 0 Å². The van der Waals surface area contributed by atoms with Crippen LogP contribution in [-0.2, 0) is 0 Å². The summed E-state index contributed by atoms with van der Waals surface area (Å²) in [7, 11) is 0. The van der Waals surface area contributed by atoms with Crippen LogP contribution in [0.5, 0.6) is 5.75 Å². The molecule has 17 heavy (non-hydrogen) atoms. The molecule has 3 nitrogen and oxygen atoms in total. The SMILES string of the molecule is OC1COc2ccc(Br)cc2C1N1CCCC1. The second-order valence-corrected chi connectivity index (χ2v) is 5.66. The molecule has 1 aromatic rings. The van der Waals surface area contributed by atoms with Gasteiger partial charge in [-0.3, -0.25) is 4.90 Å². The number of aliphatic hydroxyl groups is 1. The Kier molecular flexibility index (Phi) is 3.11. The van der Waals surface area contributed by atoms with Gasteiger partial charge in [-0.2, -0.15) is 0 Å². The Morgan fingerprint density at radius 1 is 1.29 bits per heavy atom. The van der Waals surface area contributed by atoms with E-state index in [-0.39, 0.29) is 6.04 Å². The monoisotopic (exact) mass is 297 g/mol. The number of aliphatic hydroxyl groups excluding tert-OH is 1. The van der Waals surface area contributed by atoms with Crippen molar-refractivity contribution in [3.63, 3.8) is 0 Å². The second-order valence-electron chi connectivity index (χ2n) is 4.75. The van der Waals surface area contributed by atoms with Crippen LogP contribution in [0.4, 0.5) is 0 Å². The standard InChI is InChI=1S/C13H16BrNO2/c14-9-3-4-12-10(7-9)13(11(16)8-17-12)15-5-1-2-6-15/h3-4,7,11,13,16H,1-2,5-6,8H2. The average molecular weight is 298 g/mol. The molecule has 4 heteroatoms. The number of likely N-dealkylation sites (tertiary alicyclic amines) is 1. The molecule has 2 aliphatic heterocycles. The van der Waals surface area contributed by atoms with Crippen LogP contribution in [0.1, 0.15) is 24.4 Å². The summed E-state index contributed by atoms with van der Waals surface area (Å²) >= 11 is 3.49. The Labute approximate surface area is 110 Å². The van der Waals surface area contributed by atoms with Gasteiger partial charge in [-0.05, 0) is 44.1 Å². The highest BCUT2D eigenvalue weighted by Gasteiger charge is 2.35. The Hall–Kier alpha value is -0.580. The van der Waals surface area contributed by atoms with Crippen LogP contribution in [0.2, 0.25) is 0 Å². The fourth-order valence-corrected chi connectivity index (χ4v) is 3.19. The molecule has 1 N–H and O–H groups in total. The number of ether oxygens (including phenoxy) is 1. The molecule has 0 aliphatic carbocycles. The van der Waals surface area contributed by atoms with Gasteiger partial charge in [0.1, 0.15) is 18.5 Å². The fraction of sp³-hybridized carbons (Fsp3) is 0.538. The van der Waals surface area contributed by atoms with Crippen molar-refractivity contribution in [1.29, 1.82) is 0 Å². The maximum Gasteiger partial charge on any atom is 0.124 e. The van der Waals surface area contributed by atoms with Gasteiger partial charge < -0.3 is 9.84 Å². The quantitative estimate of drug-likeness (QED) is 0.864. The lowest BCUT2D eigenvalue weighted by Gasteiger charge is -2.36. The largest absolute Gasteiger partial charge is 0.490 e. The molecule has 1 aromatic carbocycles. The molecule has 2 aliphatic rings. The zero-order chi connectivity index (χ0) is 11.8. The van der Waals surface area contributed by atoms with E-state index in [2.05, 4.69) is 26.9 Å². The van der Waals surface area contributed by atoms with Crippen molar-refractivity contribution < 1.29 is 9.84 Å². The first-order chi connectivity index (χ1) is 8.25. The highest BCUT2D eigenvalue weighted by molar-refractivity contribution is 9.10. The van der Waals surface area contributed by atoms with Crippen molar-refractivity contribution in [3.05, 3.63) is 28.2 Å². The van der Waals surface area contributed by atoms with Gasteiger partial charge in [-0.1, -0.05) is 15.9 Å². The molecule has 0 amide bonds. The second kappa shape index (κ2) is 4.59. The molecule has 1 fully saturated rings. The molecule has 1 saturated heterocycles. The molecule has 2 atom stereocenters. The lowest BCUT2D eigenvalue weighted by Crippen LogP contribution is -2.40. The number of hydrogen-bond acceptors (Lipinski definition) is 3. The molecule has 92 valence electrons. The summed E-state index contributed by atoms with van der Waals surface area (Å²) < 4.78 is 6.62. The molecule has 0 saturated carbocycles.